The third kappa shape index (κ3) is 3.76. The number of nitrogens with one attached hydrogen (secondary N) is 2. The van der Waals surface area contributed by atoms with Gasteiger partial charge in [0.05, 0.1) is 12.8 Å². The van der Waals surface area contributed by atoms with E-state index in [9.17, 15) is 4.79 Å². The Kier molecular flexibility index (Phi) is 5.48. The molecule has 3 rings (SSSR count). The Balaban J connectivity index is 1.93. The lowest BCUT2D eigenvalue weighted by atomic mass is 9.89. The Bertz CT molecular complexity index is 730. The topological polar surface area (TPSA) is 63.2 Å². The number of nitrogens with zero attached hydrogens (tertiary/aromatic N) is 1. The van der Waals surface area contributed by atoms with E-state index < -0.39 is 5.97 Å². The van der Waals surface area contributed by atoms with Crippen molar-refractivity contribution in [3.05, 3.63) is 52.3 Å². The second-order valence-corrected chi connectivity index (χ2v) is 6.57. The second kappa shape index (κ2) is 7.77. The number of rotatable bonds is 4. The molecular formula is C18H20BrN3O2. The summed E-state index contributed by atoms with van der Waals surface area (Å²) in [6.45, 7) is 2.07. The average molecular weight is 390 g/mol. The maximum absolute atomic E-state index is 12.0. The number of methoxy groups -OCH3 is 1. The summed E-state index contributed by atoms with van der Waals surface area (Å²) in [6.07, 6.45) is 2.22. The van der Waals surface area contributed by atoms with E-state index in [-0.39, 0.29) is 5.69 Å². The quantitative estimate of drug-likeness (QED) is 0.614. The molecule has 0 saturated carbocycles. The Morgan fingerprint density at radius 2 is 1.96 bits per heavy atom. The van der Waals surface area contributed by atoms with Crippen LogP contribution in [0, 0.1) is 0 Å². The van der Waals surface area contributed by atoms with Crippen LogP contribution in [0.5, 0.6) is 0 Å². The van der Waals surface area contributed by atoms with E-state index in [1.807, 2.05) is 24.3 Å². The van der Waals surface area contributed by atoms with Gasteiger partial charge in [-0.3, -0.25) is 0 Å². The molecule has 1 aliphatic rings. The van der Waals surface area contributed by atoms with Crippen molar-refractivity contribution in [2.45, 2.75) is 18.8 Å². The number of hydrogen-bond acceptors (Lipinski definition) is 5. The van der Waals surface area contributed by atoms with Gasteiger partial charge in [0.25, 0.3) is 0 Å². The highest BCUT2D eigenvalue weighted by Gasteiger charge is 2.20. The number of piperidine rings is 1. The lowest BCUT2D eigenvalue weighted by Gasteiger charge is -2.25. The van der Waals surface area contributed by atoms with Gasteiger partial charge in [-0.15, -0.1) is 0 Å². The van der Waals surface area contributed by atoms with Crippen LogP contribution in [0.3, 0.4) is 0 Å². The predicted octanol–water partition coefficient (Wildman–Crippen LogP) is 3.84. The van der Waals surface area contributed by atoms with E-state index in [0.717, 1.165) is 31.6 Å². The first-order valence-corrected chi connectivity index (χ1v) is 8.80. The fraction of sp³-hybridized carbons (Fsp3) is 0.333. The van der Waals surface area contributed by atoms with Gasteiger partial charge in [-0.2, -0.15) is 0 Å². The third-order valence-corrected chi connectivity index (χ3v) is 4.69. The minimum absolute atomic E-state index is 0.270. The van der Waals surface area contributed by atoms with Gasteiger partial charge in [0.15, 0.2) is 5.69 Å². The molecule has 0 aliphatic carbocycles. The first-order chi connectivity index (χ1) is 11.7. The molecule has 0 amide bonds. The van der Waals surface area contributed by atoms with Crippen LogP contribution in [-0.4, -0.2) is 31.2 Å². The smallest absolute Gasteiger partial charge is 0.358 e. The molecule has 2 N–H and O–H groups in total. The van der Waals surface area contributed by atoms with Crippen molar-refractivity contribution in [2.75, 3.05) is 25.5 Å². The van der Waals surface area contributed by atoms with Gasteiger partial charge >= 0.3 is 5.97 Å². The minimum Gasteiger partial charge on any atom is -0.464 e. The number of carbonyl (C=O) groups is 1. The third-order valence-electron chi connectivity index (χ3n) is 4.25. The van der Waals surface area contributed by atoms with Crippen LogP contribution < -0.4 is 10.6 Å². The zero-order valence-electron chi connectivity index (χ0n) is 13.5. The van der Waals surface area contributed by atoms with E-state index in [2.05, 4.69) is 43.7 Å². The predicted molar refractivity (Wildman–Crippen MR) is 97.8 cm³/mol. The first kappa shape index (κ1) is 16.9. The Hall–Kier alpha value is -1.92. The van der Waals surface area contributed by atoms with Gasteiger partial charge in [-0.1, -0.05) is 18.2 Å². The van der Waals surface area contributed by atoms with Gasteiger partial charge in [0.2, 0.25) is 0 Å². The highest BCUT2D eigenvalue weighted by atomic mass is 79.9. The molecule has 2 heterocycles. The second-order valence-electron chi connectivity index (χ2n) is 5.76. The number of aromatic nitrogens is 1. The Morgan fingerprint density at radius 1 is 1.21 bits per heavy atom. The van der Waals surface area contributed by atoms with E-state index in [4.69, 9.17) is 4.74 Å². The Morgan fingerprint density at radius 3 is 2.71 bits per heavy atom. The number of benzene rings is 1. The zero-order valence-corrected chi connectivity index (χ0v) is 15.1. The average Bonchev–Trinajstić information content (AvgIpc) is 2.63. The summed E-state index contributed by atoms with van der Waals surface area (Å²) in [5.74, 6) is 0.0538. The van der Waals surface area contributed by atoms with Crippen LogP contribution >= 0.6 is 15.9 Å². The lowest BCUT2D eigenvalue weighted by Crippen LogP contribution is -2.27. The molecule has 0 atom stereocenters. The van der Waals surface area contributed by atoms with Gasteiger partial charge < -0.3 is 15.4 Å². The van der Waals surface area contributed by atoms with E-state index in [1.54, 1.807) is 0 Å². The molecule has 1 fully saturated rings. The van der Waals surface area contributed by atoms with Crippen molar-refractivity contribution in [2.24, 2.45) is 0 Å². The molecule has 0 radical (unpaired) electrons. The van der Waals surface area contributed by atoms with Crippen molar-refractivity contribution in [1.29, 1.82) is 0 Å². The molecule has 0 unspecified atom stereocenters. The minimum atomic E-state index is -0.460. The van der Waals surface area contributed by atoms with E-state index in [1.165, 1.54) is 12.7 Å². The molecule has 1 saturated heterocycles. The fourth-order valence-electron chi connectivity index (χ4n) is 3.03. The van der Waals surface area contributed by atoms with Crippen molar-refractivity contribution in [3.63, 3.8) is 0 Å². The molecule has 1 aromatic heterocycles. The van der Waals surface area contributed by atoms with Crippen LogP contribution in [0.2, 0.25) is 0 Å². The standard InChI is InChI=1S/C18H20BrN3O2/c1-24-18(23)17-15(6-7-16(19)22-17)21-14-5-3-2-4-13(14)12-8-10-20-11-9-12/h2-7,12,20-21H,8-11H2,1H3. The van der Waals surface area contributed by atoms with E-state index in [0.29, 0.717) is 16.2 Å². The summed E-state index contributed by atoms with van der Waals surface area (Å²) < 4.78 is 5.44. The first-order valence-electron chi connectivity index (χ1n) is 8.00. The van der Waals surface area contributed by atoms with Gasteiger partial charge in [-0.25, -0.2) is 9.78 Å². The largest absolute Gasteiger partial charge is 0.464 e. The Labute approximate surface area is 149 Å². The molecule has 0 spiro atoms. The van der Waals surface area contributed by atoms with Gasteiger partial charge in [0.1, 0.15) is 4.60 Å². The number of esters is 1. The number of para-hydroxylation sites is 1. The van der Waals surface area contributed by atoms with Gasteiger partial charge in [0, 0.05) is 5.69 Å². The van der Waals surface area contributed by atoms with Gasteiger partial charge in [-0.05, 0) is 71.5 Å². The number of pyridine rings is 1. The van der Waals surface area contributed by atoms with Crippen LogP contribution in [0.15, 0.2) is 41.0 Å². The summed E-state index contributed by atoms with van der Waals surface area (Å²) in [4.78, 5) is 16.3. The molecule has 24 heavy (non-hydrogen) atoms. The summed E-state index contributed by atoms with van der Waals surface area (Å²) in [7, 11) is 1.36. The number of ether oxygens (including phenoxy) is 1. The highest BCUT2D eigenvalue weighted by Crippen LogP contribution is 2.33. The zero-order chi connectivity index (χ0) is 16.9. The van der Waals surface area contributed by atoms with Crippen molar-refractivity contribution in [3.8, 4) is 0 Å². The normalized spacial score (nSPS) is 15.1. The van der Waals surface area contributed by atoms with Crippen LogP contribution in [0.1, 0.15) is 34.8 Å². The van der Waals surface area contributed by atoms with Crippen molar-refractivity contribution in [1.82, 2.24) is 10.3 Å². The number of carbonyl (C=O) groups excluding carboxylic acids is 1. The van der Waals surface area contributed by atoms with Crippen LogP contribution in [0.4, 0.5) is 11.4 Å². The molecule has 1 aliphatic heterocycles. The van der Waals surface area contributed by atoms with Crippen LogP contribution in [-0.2, 0) is 4.74 Å². The van der Waals surface area contributed by atoms with Crippen molar-refractivity contribution < 1.29 is 9.53 Å². The SMILES string of the molecule is COC(=O)c1nc(Br)ccc1Nc1ccccc1C1CCNCC1. The number of hydrogen-bond donors (Lipinski definition) is 2. The number of halogens is 1. The maximum atomic E-state index is 12.0. The van der Waals surface area contributed by atoms with E-state index >= 15 is 0 Å². The summed E-state index contributed by atoms with van der Waals surface area (Å²) in [6, 6.07) is 11.9. The molecule has 1 aromatic carbocycles. The maximum Gasteiger partial charge on any atom is 0.358 e. The fourth-order valence-corrected chi connectivity index (χ4v) is 3.34. The molecular weight excluding hydrogens is 370 g/mol. The molecule has 5 nitrogen and oxygen atoms in total. The van der Waals surface area contributed by atoms with Crippen molar-refractivity contribution >= 4 is 33.3 Å². The summed E-state index contributed by atoms with van der Waals surface area (Å²) in [5, 5.41) is 6.77. The summed E-state index contributed by atoms with van der Waals surface area (Å²) >= 11 is 3.30. The van der Waals surface area contributed by atoms with Crippen LogP contribution in [0.25, 0.3) is 0 Å². The number of anilines is 2. The molecule has 0 bridgehead atoms. The summed E-state index contributed by atoms with van der Waals surface area (Å²) in [5.41, 5.74) is 3.20. The lowest BCUT2D eigenvalue weighted by molar-refractivity contribution is 0.0595. The molecule has 2 aromatic rings. The molecule has 126 valence electrons. The molecule has 6 heteroatoms. The monoisotopic (exact) mass is 389 g/mol. The highest BCUT2D eigenvalue weighted by molar-refractivity contribution is 9.10.